The van der Waals surface area contributed by atoms with Crippen molar-refractivity contribution in [2.45, 2.75) is 74.7 Å². The zero-order valence-corrected chi connectivity index (χ0v) is 21.2. The van der Waals surface area contributed by atoms with Crippen LogP contribution in [0.5, 0.6) is 11.5 Å². The van der Waals surface area contributed by atoms with E-state index in [1.54, 1.807) is 0 Å². The first-order valence-electron chi connectivity index (χ1n) is 14.0. The molecule has 0 amide bonds. The number of phenolic OH excluding ortho intramolecular Hbond substituents is 1. The molecule has 2 aromatic carbocycles. The Kier molecular flexibility index (Phi) is 4.57. The number of hydrogen-bond donors (Lipinski definition) is 1. The largest absolute Gasteiger partial charge is 0.504 e. The number of hydrogen-bond acceptors (Lipinski definition) is 5. The van der Waals surface area contributed by atoms with Crippen LogP contribution in [-0.2, 0) is 27.9 Å². The van der Waals surface area contributed by atoms with Gasteiger partial charge in [0, 0.05) is 42.0 Å². The monoisotopic (exact) mass is 487 g/mol. The molecule has 5 nitrogen and oxygen atoms in total. The van der Waals surface area contributed by atoms with E-state index in [0.29, 0.717) is 25.0 Å². The van der Waals surface area contributed by atoms with Gasteiger partial charge in [-0.1, -0.05) is 36.4 Å². The Morgan fingerprint density at radius 1 is 1.08 bits per heavy atom. The lowest BCUT2D eigenvalue weighted by Gasteiger charge is -2.74. The molecule has 2 aliphatic heterocycles. The highest BCUT2D eigenvalue weighted by atomic mass is 16.6. The first kappa shape index (κ1) is 22.0. The smallest absolute Gasteiger partial charge is 0.165 e. The van der Waals surface area contributed by atoms with Crippen LogP contribution in [0.1, 0.15) is 55.2 Å². The molecular weight excluding hydrogens is 450 g/mol. The number of phenols is 1. The van der Waals surface area contributed by atoms with E-state index in [-0.39, 0.29) is 28.5 Å². The van der Waals surface area contributed by atoms with Crippen molar-refractivity contribution in [1.29, 1.82) is 0 Å². The average molecular weight is 488 g/mol. The van der Waals surface area contributed by atoms with Crippen molar-refractivity contribution in [3.8, 4) is 11.5 Å². The third-order valence-corrected chi connectivity index (χ3v) is 11.2. The second-order valence-electron chi connectivity index (χ2n) is 12.5. The lowest BCUT2D eigenvalue weighted by Crippen LogP contribution is -2.81. The summed E-state index contributed by atoms with van der Waals surface area (Å²) in [5.74, 6) is 2.22. The Balaban J connectivity index is 1.22. The molecule has 2 spiro atoms. The van der Waals surface area contributed by atoms with Crippen molar-refractivity contribution in [3.05, 3.63) is 59.2 Å². The molecule has 0 radical (unpaired) electrons. The summed E-state index contributed by atoms with van der Waals surface area (Å²) in [6, 6.07) is 15.1. The van der Waals surface area contributed by atoms with Gasteiger partial charge in [0.05, 0.1) is 13.2 Å². The van der Waals surface area contributed by atoms with E-state index >= 15 is 0 Å². The number of fused-ring (bicyclic) bond motifs is 2. The molecule has 5 aliphatic carbocycles. The Morgan fingerprint density at radius 2 is 1.94 bits per heavy atom. The maximum Gasteiger partial charge on any atom is 0.165 e. The summed E-state index contributed by atoms with van der Waals surface area (Å²) in [5, 5.41) is 11.0. The van der Waals surface area contributed by atoms with Crippen LogP contribution >= 0.6 is 0 Å². The number of likely N-dealkylation sites (tertiary alicyclic amines) is 1. The van der Waals surface area contributed by atoms with Gasteiger partial charge in [0.25, 0.3) is 0 Å². The summed E-state index contributed by atoms with van der Waals surface area (Å²) in [6.45, 7) is 3.69. The summed E-state index contributed by atoms with van der Waals surface area (Å²) in [6.07, 6.45) is 8.21. The van der Waals surface area contributed by atoms with Crippen LogP contribution in [0.2, 0.25) is 0 Å². The fourth-order valence-corrected chi connectivity index (χ4v) is 9.64. The number of piperidine rings is 1. The summed E-state index contributed by atoms with van der Waals surface area (Å²) >= 11 is 0. The molecule has 4 saturated carbocycles. The number of methoxy groups -OCH3 is 1. The van der Waals surface area contributed by atoms with E-state index in [2.05, 4.69) is 41.3 Å². The molecule has 5 heteroatoms. The lowest BCUT2D eigenvalue weighted by atomic mass is 9.35. The van der Waals surface area contributed by atoms with Crippen LogP contribution in [0, 0.1) is 17.3 Å². The molecule has 2 aromatic rings. The fraction of sp³-hybridized carbons (Fsp3) is 0.613. The molecule has 4 bridgehead atoms. The molecule has 5 fully saturated rings. The molecule has 36 heavy (non-hydrogen) atoms. The minimum absolute atomic E-state index is 0.0595. The van der Waals surface area contributed by atoms with E-state index in [1.807, 2.05) is 13.2 Å². The number of nitrogens with zero attached hydrogens (tertiary/aromatic N) is 1. The summed E-state index contributed by atoms with van der Waals surface area (Å²) < 4.78 is 19.9. The molecule has 2 heterocycles. The van der Waals surface area contributed by atoms with Crippen molar-refractivity contribution in [1.82, 2.24) is 4.90 Å². The molecule has 0 aromatic heterocycles. The van der Waals surface area contributed by atoms with Crippen LogP contribution in [-0.4, -0.2) is 54.6 Å². The molecule has 6 atom stereocenters. The highest BCUT2D eigenvalue weighted by Crippen LogP contribution is 2.76. The number of ether oxygens (including phenoxy) is 3. The number of rotatable bonds is 7. The van der Waals surface area contributed by atoms with E-state index in [9.17, 15) is 5.11 Å². The van der Waals surface area contributed by atoms with E-state index < -0.39 is 0 Å². The Bertz CT molecular complexity index is 1200. The van der Waals surface area contributed by atoms with Crippen molar-refractivity contribution >= 4 is 0 Å². The molecule has 190 valence electrons. The van der Waals surface area contributed by atoms with E-state index in [0.717, 1.165) is 43.9 Å². The maximum atomic E-state index is 11.0. The first-order chi connectivity index (χ1) is 17.6. The fourth-order valence-electron chi connectivity index (χ4n) is 9.64. The van der Waals surface area contributed by atoms with Crippen LogP contribution < -0.4 is 4.74 Å². The summed E-state index contributed by atoms with van der Waals surface area (Å²) in [7, 11) is 1.88. The highest BCUT2D eigenvalue weighted by molar-refractivity contribution is 5.63. The molecular formula is C31H37NO4. The normalized spacial score (nSPS) is 39.6. The molecule has 1 saturated heterocycles. The summed E-state index contributed by atoms with van der Waals surface area (Å²) in [4.78, 5) is 2.86. The van der Waals surface area contributed by atoms with Crippen molar-refractivity contribution in [2.75, 3.05) is 26.8 Å². The topological polar surface area (TPSA) is 51.2 Å². The summed E-state index contributed by atoms with van der Waals surface area (Å²) in [5.41, 5.74) is 3.64. The predicted octanol–water partition coefficient (Wildman–Crippen LogP) is 4.83. The SMILES string of the molecule is COC12CCC3(CC1COCc1ccccc1)C1Cc4ccc(O)c5c4C3(CCN1CC1CC1)C2O5. The van der Waals surface area contributed by atoms with Crippen molar-refractivity contribution < 1.29 is 19.3 Å². The minimum atomic E-state index is -0.387. The van der Waals surface area contributed by atoms with Gasteiger partial charge in [-0.3, -0.25) is 4.90 Å². The second-order valence-corrected chi connectivity index (χ2v) is 12.5. The lowest BCUT2D eigenvalue weighted by molar-refractivity contribution is -0.283. The molecule has 7 aliphatic rings. The van der Waals surface area contributed by atoms with Crippen LogP contribution in [0.3, 0.4) is 0 Å². The average Bonchev–Trinajstić information content (AvgIpc) is 3.64. The van der Waals surface area contributed by atoms with Crippen LogP contribution in [0.4, 0.5) is 0 Å². The van der Waals surface area contributed by atoms with Crippen LogP contribution in [0.25, 0.3) is 0 Å². The first-order valence-corrected chi connectivity index (χ1v) is 14.0. The molecule has 6 unspecified atom stereocenters. The zero-order valence-electron chi connectivity index (χ0n) is 21.2. The molecule has 1 N–H and O–H groups in total. The van der Waals surface area contributed by atoms with Gasteiger partial charge in [-0.25, -0.2) is 0 Å². The Morgan fingerprint density at radius 3 is 2.75 bits per heavy atom. The highest BCUT2D eigenvalue weighted by Gasteiger charge is 2.80. The Labute approximate surface area is 213 Å². The number of aromatic hydroxyl groups is 1. The van der Waals surface area contributed by atoms with E-state index in [1.165, 1.54) is 42.5 Å². The third-order valence-electron chi connectivity index (χ3n) is 11.2. The van der Waals surface area contributed by atoms with Crippen LogP contribution in [0.15, 0.2) is 42.5 Å². The van der Waals surface area contributed by atoms with Gasteiger partial charge < -0.3 is 19.3 Å². The maximum absolute atomic E-state index is 11.0. The van der Waals surface area contributed by atoms with Gasteiger partial charge in [0.2, 0.25) is 0 Å². The van der Waals surface area contributed by atoms with Crippen molar-refractivity contribution in [3.63, 3.8) is 0 Å². The minimum Gasteiger partial charge on any atom is -0.504 e. The van der Waals surface area contributed by atoms with Gasteiger partial charge in [-0.15, -0.1) is 0 Å². The van der Waals surface area contributed by atoms with Gasteiger partial charge >= 0.3 is 0 Å². The molecule has 9 rings (SSSR count). The third kappa shape index (κ3) is 2.62. The van der Waals surface area contributed by atoms with Gasteiger partial charge in [-0.05, 0) is 74.6 Å². The quantitative estimate of drug-likeness (QED) is 0.606. The second kappa shape index (κ2) is 7.49. The standard InChI is InChI=1S/C31H37NO4/c1-34-31-12-11-29(16-23(31)19-35-18-21-5-3-2-4-6-21)25-15-22-9-10-24(33)27-26(22)30(29,28(31)36-27)13-14-32(25)17-20-7-8-20/h2-6,9-10,20,23,25,28,33H,7-8,11-19H2,1H3. The number of benzene rings is 2. The van der Waals surface area contributed by atoms with Gasteiger partial charge in [0.1, 0.15) is 11.7 Å². The van der Waals surface area contributed by atoms with E-state index in [4.69, 9.17) is 14.2 Å². The Hall–Kier alpha value is -2.08. The predicted molar refractivity (Wildman–Crippen MR) is 136 cm³/mol. The van der Waals surface area contributed by atoms with Gasteiger partial charge in [0.15, 0.2) is 11.5 Å². The van der Waals surface area contributed by atoms with Crippen molar-refractivity contribution in [2.24, 2.45) is 17.3 Å². The van der Waals surface area contributed by atoms with Gasteiger partial charge in [-0.2, -0.15) is 0 Å². The zero-order chi connectivity index (χ0) is 24.1.